The monoisotopic (exact) mass is 225 g/mol. The van der Waals surface area contributed by atoms with Crippen LogP contribution in [-0.2, 0) is 4.74 Å². The van der Waals surface area contributed by atoms with Crippen molar-refractivity contribution in [3.05, 3.63) is 28.3 Å². The number of benzene rings is 1. The molecular formula is C9H11N3O4. The molecule has 7 heteroatoms. The highest BCUT2D eigenvalue weighted by Crippen LogP contribution is 2.35. The van der Waals surface area contributed by atoms with Crippen molar-refractivity contribution in [3.8, 4) is 5.75 Å². The second-order valence-corrected chi connectivity index (χ2v) is 3.33. The van der Waals surface area contributed by atoms with Gasteiger partial charge in [0.2, 0.25) is 0 Å². The molecule has 1 aromatic carbocycles. The Morgan fingerprint density at radius 3 is 2.81 bits per heavy atom. The lowest BCUT2D eigenvalue weighted by atomic mass is 10.2. The number of para-hydroxylation sites is 1. The average Bonchev–Trinajstić information content (AvgIpc) is 2.22. The summed E-state index contributed by atoms with van der Waals surface area (Å²) in [7, 11) is 0. The van der Waals surface area contributed by atoms with Crippen molar-refractivity contribution in [1.82, 2.24) is 0 Å². The standard InChI is InChI=1S/C9H11N3O4/c10-11-7-2-1-3-8(9(7)12(13)14)16-6-4-15-5-6/h1-3,6,11H,4-5,10H2. The van der Waals surface area contributed by atoms with Crippen molar-refractivity contribution in [2.45, 2.75) is 6.10 Å². The van der Waals surface area contributed by atoms with Crippen molar-refractivity contribution >= 4 is 11.4 Å². The summed E-state index contributed by atoms with van der Waals surface area (Å²) in [6, 6.07) is 4.69. The van der Waals surface area contributed by atoms with Gasteiger partial charge in [0.1, 0.15) is 11.8 Å². The number of ether oxygens (including phenoxy) is 2. The molecule has 7 nitrogen and oxygen atoms in total. The van der Waals surface area contributed by atoms with Gasteiger partial charge in [-0.1, -0.05) is 6.07 Å². The summed E-state index contributed by atoms with van der Waals surface area (Å²) in [5, 5.41) is 10.9. The lowest BCUT2D eigenvalue weighted by Gasteiger charge is -2.26. The highest BCUT2D eigenvalue weighted by molar-refractivity contribution is 5.67. The zero-order chi connectivity index (χ0) is 11.5. The molecular weight excluding hydrogens is 214 g/mol. The molecule has 1 aliphatic heterocycles. The first-order valence-corrected chi connectivity index (χ1v) is 4.71. The van der Waals surface area contributed by atoms with Gasteiger partial charge < -0.3 is 14.9 Å². The maximum absolute atomic E-state index is 10.9. The molecule has 1 fully saturated rings. The predicted molar refractivity (Wildman–Crippen MR) is 56.1 cm³/mol. The Morgan fingerprint density at radius 2 is 2.31 bits per heavy atom. The maximum atomic E-state index is 10.9. The lowest BCUT2D eigenvalue weighted by Crippen LogP contribution is -2.38. The summed E-state index contributed by atoms with van der Waals surface area (Å²) in [5.74, 6) is 5.40. The normalized spacial score (nSPS) is 15.3. The van der Waals surface area contributed by atoms with Crippen LogP contribution in [-0.4, -0.2) is 24.2 Å². The van der Waals surface area contributed by atoms with Crippen molar-refractivity contribution in [2.24, 2.45) is 5.84 Å². The molecule has 1 aromatic rings. The van der Waals surface area contributed by atoms with Crippen LogP contribution in [0.3, 0.4) is 0 Å². The predicted octanol–water partition coefficient (Wildman–Crippen LogP) is 0.658. The Kier molecular flexibility index (Phi) is 2.88. The van der Waals surface area contributed by atoms with E-state index in [1.807, 2.05) is 0 Å². The second kappa shape index (κ2) is 4.33. The summed E-state index contributed by atoms with van der Waals surface area (Å²) in [6.07, 6.45) is -0.119. The molecule has 3 N–H and O–H groups in total. The first kappa shape index (κ1) is 10.7. The summed E-state index contributed by atoms with van der Waals surface area (Å²) >= 11 is 0. The minimum Gasteiger partial charge on any atom is -0.479 e. The number of nitro groups is 1. The summed E-state index contributed by atoms with van der Waals surface area (Å²) < 4.78 is 10.4. The van der Waals surface area contributed by atoms with Crippen molar-refractivity contribution in [1.29, 1.82) is 0 Å². The number of nitrogens with zero attached hydrogens (tertiary/aromatic N) is 1. The number of nitrogens with two attached hydrogens (primary N) is 1. The molecule has 0 aliphatic carbocycles. The first-order valence-electron chi connectivity index (χ1n) is 4.71. The number of rotatable bonds is 4. The fourth-order valence-electron chi connectivity index (χ4n) is 1.38. The fraction of sp³-hybridized carbons (Fsp3) is 0.333. The number of nitrogen functional groups attached to an aromatic ring is 1. The van der Waals surface area contributed by atoms with Crippen LogP contribution < -0.4 is 16.0 Å². The van der Waals surface area contributed by atoms with Gasteiger partial charge in [0.05, 0.1) is 18.1 Å². The molecule has 0 amide bonds. The average molecular weight is 225 g/mol. The van der Waals surface area contributed by atoms with Gasteiger partial charge in [0, 0.05) is 0 Å². The Bertz CT molecular complexity index is 406. The van der Waals surface area contributed by atoms with Crippen LogP contribution in [0.1, 0.15) is 0 Å². The zero-order valence-electron chi connectivity index (χ0n) is 8.38. The van der Waals surface area contributed by atoms with Crippen molar-refractivity contribution in [3.63, 3.8) is 0 Å². The highest BCUT2D eigenvalue weighted by Gasteiger charge is 2.26. The number of hydrogen-bond acceptors (Lipinski definition) is 6. The SMILES string of the molecule is NNc1cccc(OC2COC2)c1[N+](=O)[O-]. The van der Waals surface area contributed by atoms with E-state index in [0.717, 1.165) is 0 Å². The van der Waals surface area contributed by atoms with Gasteiger partial charge >= 0.3 is 5.69 Å². The Balaban J connectivity index is 2.30. The van der Waals surface area contributed by atoms with E-state index in [1.54, 1.807) is 6.07 Å². The van der Waals surface area contributed by atoms with E-state index in [-0.39, 0.29) is 23.2 Å². The van der Waals surface area contributed by atoms with E-state index < -0.39 is 4.92 Å². The number of nitro benzene ring substituents is 1. The van der Waals surface area contributed by atoms with Crippen LogP contribution in [0.2, 0.25) is 0 Å². The summed E-state index contributed by atoms with van der Waals surface area (Å²) in [5.41, 5.74) is 2.34. The van der Waals surface area contributed by atoms with E-state index in [1.165, 1.54) is 12.1 Å². The smallest absolute Gasteiger partial charge is 0.335 e. The van der Waals surface area contributed by atoms with Crippen LogP contribution in [0, 0.1) is 10.1 Å². The van der Waals surface area contributed by atoms with Gasteiger partial charge in [0.15, 0.2) is 5.75 Å². The van der Waals surface area contributed by atoms with E-state index in [2.05, 4.69) is 5.43 Å². The minimum absolute atomic E-state index is 0.119. The molecule has 0 bridgehead atoms. The Labute approximate surface area is 91.3 Å². The summed E-state index contributed by atoms with van der Waals surface area (Å²) in [6.45, 7) is 0.912. The molecule has 0 unspecified atom stereocenters. The summed E-state index contributed by atoms with van der Waals surface area (Å²) in [4.78, 5) is 10.4. The molecule has 0 aromatic heterocycles. The lowest BCUT2D eigenvalue weighted by molar-refractivity contribution is -0.385. The van der Waals surface area contributed by atoms with Gasteiger partial charge in [-0.3, -0.25) is 16.0 Å². The van der Waals surface area contributed by atoms with Crippen molar-refractivity contribution in [2.75, 3.05) is 18.6 Å². The van der Waals surface area contributed by atoms with Gasteiger partial charge in [0.25, 0.3) is 0 Å². The number of hydrogen-bond donors (Lipinski definition) is 2. The molecule has 16 heavy (non-hydrogen) atoms. The van der Waals surface area contributed by atoms with Crippen LogP contribution in [0.5, 0.6) is 5.75 Å². The molecule has 2 rings (SSSR count). The minimum atomic E-state index is -0.524. The highest BCUT2D eigenvalue weighted by atomic mass is 16.6. The molecule has 0 radical (unpaired) electrons. The van der Waals surface area contributed by atoms with Crippen LogP contribution >= 0.6 is 0 Å². The molecule has 1 heterocycles. The third kappa shape index (κ3) is 1.90. The van der Waals surface area contributed by atoms with Gasteiger partial charge in [-0.25, -0.2) is 0 Å². The Hall–Kier alpha value is -1.86. The first-order chi connectivity index (χ1) is 7.72. The van der Waals surface area contributed by atoms with E-state index in [0.29, 0.717) is 13.2 Å². The van der Waals surface area contributed by atoms with Gasteiger partial charge in [-0.05, 0) is 12.1 Å². The second-order valence-electron chi connectivity index (χ2n) is 3.33. The van der Waals surface area contributed by atoms with E-state index in [9.17, 15) is 10.1 Å². The third-order valence-electron chi connectivity index (χ3n) is 2.24. The number of anilines is 1. The molecule has 0 atom stereocenters. The van der Waals surface area contributed by atoms with Crippen molar-refractivity contribution < 1.29 is 14.4 Å². The Morgan fingerprint density at radius 1 is 1.56 bits per heavy atom. The van der Waals surface area contributed by atoms with Crippen LogP contribution in [0.25, 0.3) is 0 Å². The zero-order valence-corrected chi connectivity index (χ0v) is 8.38. The van der Waals surface area contributed by atoms with Gasteiger partial charge in [-0.15, -0.1) is 0 Å². The molecule has 0 saturated carbocycles. The number of nitrogens with one attached hydrogen (secondary N) is 1. The molecule has 0 spiro atoms. The molecule has 1 saturated heterocycles. The van der Waals surface area contributed by atoms with E-state index >= 15 is 0 Å². The van der Waals surface area contributed by atoms with Crippen LogP contribution in [0.4, 0.5) is 11.4 Å². The van der Waals surface area contributed by atoms with E-state index in [4.69, 9.17) is 15.3 Å². The fourth-order valence-corrected chi connectivity index (χ4v) is 1.38. The quantitative estimate of drug-likeness (QED) is 0.443. The largest absolute Gasteiger partial charge is 0.479 e. The maximum Gasteiger partial charge on any atom is 0.335 e. The van der Waals surface area contributed by atoms with Gasteiger partial charge in [-0.2, -0.15) is 0 Å². The molecule has 86 valence electrons. The van der Waals surface area contributed by atoms with Crippen LogP contribution in [0.15, 0.2) is 18.2 Å². The molecule has 1 aliphatic rings. The topological polar surface area (TPSA) is 99.7 Å². The number of hydrazine groups is 1. The third-order valence-corrected chi connectivity index (χ3v) is 2.24.